The fraction of sp³-hybridized carbons (Fsp3) is 0.312. The Kier molecular flexibility index (Phi) is 4.27. The molecule has 0 atom stereocenters. The lowest BCUT2D eigenvalue weighted by Crippen LogP contribution is -2.37. The second-order valence-corrected chi connectivity index (χ2v) is 5.23. The normalized spacial score (nSPS) is 11.9. The van der Waals surface area contributed by atoms with Gasteiger partial charge in [-0.3, -0.25) is 9.67 Å². The van der Waals surface area contributed by atoms with Crippen LogP contribution in [0.25, 0.3) is 11.0 Å². The maximum absolute atomic E-state index is 5.89. The molecule has 2 N–H and O–H groups in total. The summed E-state index contributed by atoms with van der Waals surface area (Å²) < 4.78 is 7.62. The van der Waals surface area contributed by atoms with E-state index in [1.807, 2.05) is 25.2 Å². The number of aryl methyl sites for hydroxylation is 2. The zero-order valence-electron chi connectivity index (χ0n) is 13.5. The van der Waals surface area contributed by atoms with Crippen molar-refractivity contribution < 1.29 is 4.42 Å². The van der Waals surface area contributed by atoms with Crippen molar-refractivity contribution in [2.24, 2.45) is 12.0 Å². The molecular formula is C16H20N6O. The van der Waals surface area contributed by atoms with Crippen LogP contribution in [0.5, 0.6) is 0 Å². The van der Waals surface area contributed by atoms with Gasteiger partial charge < -0.3 is 15.1 Å². The van der Waals surface area contributed by atoms with E-state index in [1.165, 1.54) is 6.33 Å². The third kappa shape index (κ3) is 3.18. The van der Waals surface area contributed by atoms with Gasteiger partial charge in [0, 0.05) is 25.0 Å². The molecular weight excluding hydrogens is 292 g/mol. The third-order valence-electron chi connectivity index (χ3n) is 3.80. The third-order valence-corrected chi connectivity index (χ3v) is 3.80. The Morgan fingerprint density at radius 2 is 2.04 bits per heavy atom. The number of aliphatic imine (C=N–C) groups is 1. The SMILES string of the molecule is CN=C(NCc1oc2ccccc2c1C)NCc1ncnn1C. The Bertz CT molecular complexity index is 832. The molecule has 3 aromatic rings. The molecule has 7 heteroatoms. The molecule has 2 aromatic heterocycles. The molecule has 0 unspecified atom stereocenters. The van der Waals surface area contributed by atoms with Gasteiger partial charge in [0.25, 0.3) is 0 Å². The minimum atomic E-state index is 0.551. The highest BCUT2D eigenvalue weighted by Crippen LogP contribution is 2.24. The molecule has 0 saturated heterocycles. The first-order valence-electron chi connectivity index (χ1n) is 7.43. The monoisotopic (exact) mass is 312 g/mol. The van der Waals surface area contributed by atoms with Gasteiger partial charge in [-0.15, -0.1) is 0 Å². The van der Waals surface area contributed by atoms with Crippen LogP contribution >= 0.6 is 0 Å². The van der Waals surface area contributed by atoms with Gasteiger partial charge in [-0.25, -0.2) is 4.98 Å². The van der Waals surface area contributed by atoms with Crippen LogP contribution in [0.3, 0.4) is 0 Å². The fourth-order valence-corrected chi connectivity index (χ4v) is 2.42. The number of fused-ring (bicyclic) bond motifs is 1. The summed E-state index contributed by atoms with van der Waals surface area (Å²) in [4.78, 5) is 8.38. The van der Waals surface area contributed by atoms with E-state index in [-0.39, 0.29) is 0 Å². The van der Waals surface area contributed by atoms with E-state index in [1.54, 1.807) is 11.7 Å². The predicted molar refractivity (Wildman–Crippen MR) is 89.0 cm³/mol. The summed E-state index contributed by atoms with van der Waals surface area (Å²) in [6.45, 7) is 3.19. The second-order valence-electron chi connectivity index (χ2n) is 5.23. The molecule has 0 aliphatic heterocycles. The topological polar surface area (TPSA) is 80.3 Å². The molecule has 2 heterocycles. The van der Waals surface area contributed by atoms with Gasteiger partial charge in [-0.1, -0.05) is 18.2 Å². The van der Waals surface area contributed by atoms with Crippen molar-refractivity contribution in [1.82, 2.24) is 25.4 Å². The number of rotatable bonds is 4. The molecule has 1 aromatic carbocycles. The summed E-state index contributed by atoms with van der Waals surface area (Å²) in [5.74, 6) is 2.44. The molecule has 23 heavy (non-hydrogen) atoms. The molecule has 0 saturated carbocycles. The largest absolute Gasteiger partial charge is 0.459 e. The van der Waals surface area contributed by atoms with Crippen LogP contribution in [-0.2, 0) is 20.1 Å². The Hall–Kier alpha value is -2.83. The number of para-hydroxylation sites is 1. The lowest BCUT2D eigenvalue weighted by atomic mass is 10.1. The zero-order valence-corrected chi connectivity index (χ0v) is 13.5. The van der Waals surface area contributed by atoms with Gasteiger partial charge in [-0.2, -0.15) is 5.10 Å². The summed E-state index contributed by atoms with van der Waals surface area (Å²) in [6.07, 6.45) is 1.53. The van der Waals surface area contributed by atoms with Gasteiger partial charge in [0.15, 0.2) is 5.96 Å². The fourth-order valence-electron chi connectivity index (χ4n) is 2.42. The second kappa shape index (κ2) is 6.51. The molecule has 0 aliphatic rings. The molecule has 0 spiro atoms. The predicted octanol–water partition coefficient (Wildman–Crippen LogP) is 1.73. The van der Waals surface area contributed by atoms with E-state index in [9.17, 15) is 0 Å². The molecule has 0 bridgehead atoms. The lowest BCUT2D eigenvalue weighted by Gasteiger charge is -2.10. The quantitative estimate of drug-likeness (QED) is 0.566. The van der Waals surface area contributed by atoms with Crippen molar-refractivity contribution in [2.45, 2.75) is 20.0 Å². The van der Waals surface area contributed by atoms with Gasteiger partial charge in [0.2, 0.25) is 0 Å². The molecule has 0 fully saturated rings. The number of aromatic nitrogens is 3. The number of furan rings is 1. The van der Waals surface area contributed by atoms with Crippen molar-refractivity contribution in [2.75, 3.05) is 7.05 Å². The van der Waals surface area contributed by atoms with E-state index >= 15 is 0 Å². The van der Waals surface area contributed by atoms with Crippen molar-refractivity contribution in [1.29, 1.82) is 0 Å². The highest BCUT2D eigenvalue weighted by molar-refractivity contribution is 5.82. The van der Waals surface area contributed by atoms with Gasteiger partial charge in [0.05, 0.1) is 13.1 Å². The van der Waals surface area contributed by atoms with Crippen LogP contribution in [0.1, 0.15) is 17.1 Å². The first-order valence-corrected chi connectivity index (χ1v) is 7.43. The van der Waals surface area contributed by atoms with E-state index in [4.69, 9.17) is 4.42 Å². The molecule has 0 amide bonds. The van der Waals surface area contributed by atoms with Crippen LogP contribution in [0, 0.1) is 6.92 Å². The number of guanidine groups is 1. The Balaban J connectivity index is 1.63. The zero-order chi connectivity index (χ0) is 16.2. The van der Waals surface area contributed by atoms with Crippen molar-refractivity contribution in [3.63, 3.8) is 0 Å². The summed E-state index contributed by atoms with van der Waals surface area (Å²) in [6, 6.07) is 8.04. The smallest absolute Gasteiger partial charge is 0.191 e. The van der Waals surface area contributed by atoms with Crippen LogP contribution < -0.4 is 10.6 Å². The number of nitrogens with one attached hydrogen (secondary N) is 2. The first-order chi connectivity index (χ1) is 11.2. The summed E-state index contributed by atoms with van der Waals surface area (Å²) in [5.41, 5.74) is 2.06. The van der Waals surface area contributed by atoms with Crippen LogP contribution in [0.4, 0.5) is 0 Å². The van der Waals surface area contributed by atoms with Gasteiger partial charge >= 0.3 is 0 Å². The first kappa shape index (κ1) is 15.1. The number of nitrogens with zero attached hydrogens (tertiary/aromatic N) is 4. The van der Waals surface area contributed by atoms with E-state index in [0.717, 1.165) is 28.1 Å². The average Bonchev–Trinajstić information content (AvgIpc) is 3.12. The highest BCUT2D eigenvalue weighted by atomic mass is 16.3. The van der Waals surface area contributed by atoms with E-state index in [0.29, 0.717) is 19.0 Å². The van der Waals surface area contributed by atoms with Crippen LogP contribution in [-0.4, -0.2) is 27.8 Å². The van der Waals surface area contributed by atoms with Gasteiger partial charge in [-0.05, 0) is 13.0 Å². The molecule has 120 valence electrons. The summed E-state index contributed by atoms with van der Waals surface area (Å²) in [7, 11) is 3.59. The molecule has 0 radical (unpaired) electrons. The minimum absolute atomic E-state index is 0.551. The number of hydrogen-bond acceptors (Lipinski definition) is 4. The van der Waals surface area contributed by atoms with Crippen molar-refractivity contribution in [3.05, 3.63) is 47.7 Å². The molecule has 0 aliphatic carbocycles. The average molecular weight is 312 g/mol. The maximum atomic E-state index is 5.89. The van der Waals surface area contributed by atoms with E-state index in [2.05, 4.69) is 38.7 Å². The maximum Gasteiger partial charge on any atom is 0.191 e. The van der Waals surface area contributed by atoms with E-state index < -0.39 is 0 Å². The summed E-state index contributed by atoms with van der Waals surface area (Å²) in [5, 5.41) is 11.7. The summed E-state index contributed by atoms with van der Waals surface area (Å²) >= 11 is 0. The minimum Gasteiger partial charge on any atom is -0.459 e. The van der Waals surface area contributed by atoms with Crippen LogP contribution in [0.15, 0.2) is 40.0 Å². The standard InChI is InChI=1S/C16H20N6O/c1-11-12-6-4-5-7-13(12)23-14(11)8-18-16(17-2)19-9-15-20-10-21-22(15)3/h4-7,10H,8-9H2,1-3H3,(H2,17,18,19). The lowest BCUT2D eigenvalue weighted by molar-refractivity contribution is 0.534. The van der Waals surface area contributed by atoms with Crippen LogP contribution in [0.2, 0.25) is 0 Å². The Morgan fingerprint density at radius 1 is 1.26 bits per heavy atom. The number of benzene rings is 1. The molecule has 3 rings (SSSR count). The number of hydrogen-bond donors (Lipinski definition) is 2. The Morgan fingerprint density at radius 3 is 2.74 bits per heavy atom. The van der Waals surface area contributed by atoms with Crippen molar-refractivity contribution >= 4 is 16.9 Å². The highest BCUT2D eigenvalue weighted by Gasteiger charge is 2.10. The van der Waals surface area contributed by atoms with Crippen molar-refractivity contribution in [3.8, 4) is 0 Å². The Labute approximate surface area is 134 Å². The van der Waals surface area contributed by atoms with Gasteiger partial charge in [0.1, 0.15) is 23.5 Å². The molecule has 7 nitrogen and oxygen atoms in total.